The standard InChI is InChI=1S/C14H24N4O2/c1-3-4-11-16-12(18-17-11)13(19)15-9-14(20)7-5-10(2)6-8-14/h10,20H,3-9H2,1-2H3,(H,15,19)(H,16,17,18). The molecule has 1 heterocycles. The third-order valence-corrected chi connectivity index (χ3v) is 4.00. The van der Waals surface area contributed by atoms with Crippen LogP contribution in [0.1, 0.15) is 62.4 Å². The van der Waals surface area contributed by atoms with Crippen molar-refractivity contribution in [1.29, 1.82) is 0 Å². The van der Waals surface area contributed by atoms with Crippen molar-refractivity contribution in [2.45, 2.75) is 58.0 Å². The quantitative estimate of drug-likeness (QED) is 0.761. The van der Waals surface area contributed by atoms with Crippen LogP contribution in [0, 0.1) is 5.92 Å². The van der Waals surface area contributed by atoms with E-state index >= 15 is 0 Å². The van der Waals surface area contributed by atoms with Crippen LogP contribution < -0.4 is 5.32 Å². The first kappa shape index (κ1) is 15.0. The first-order valence-corrected chi connectivity index (χ1v) is 7.44. The van der Waals surface area contributed by atoms with Gasteiger partial charge in [-0.25, -0.2) is 4.98 Å². The second kappa shape index (κ2) is 6.35. The van der Waals surface area contributed by atoms with Gasteiger partial charge in [-0.05, 0) is 38.0 Å². The molecule has 1 saturated carbocycles. The molecule has 20 heavy (non-hydrogen) atoms. The number of H-pyrrole nitrogens is 1. The summed E-state index contributed by atoms with van der Waals surface area (Å²) in [5.74, 6) is 1.22. The third kappa shape index (κ3) is 3.79. The number of aliphatic hydroxyl groups is 1. The minimum atomic E-state index is -0.773. The topological polar surface area (TPSA) is 90.9 Å². The van der Waals surface area contributed by atoms with E-state index in [0.29, 0.717) is 5.92 Å². The number of carbonyl (C=O) groups is 1. The van der Waals surface area contributed by atoms with Gasteiger partial charge in [0.05, 0.1) is 5.60 Å². The monoisotopic (exact) mass is 280 g/mol. The Labute approximate surface area is 119 Å². The van der Waals surface area contributed by atoms with Gasteiger partial charge >= 0.3 is 0 Å². The number of rotatable bonds is 5. The molecule has 0 aliphatic heterocycles. The Bertz CT molecular complexity index is 450. The molecule has 1 amide bonds. The number of carbonyl (C=O) groups excluding carboxylic acids is 1. The van der Waals surface area contributed by atoms with Gasteiger partial charge in [0.2, 0.25) is 5.82 Å². The zero-order valence-corrected chi connectivity index (χ0v) is 12.3. The van der Waals surface area contributed by atoms with Gasteiger partial charge in [-0.15, -0.1) is 5.10 Å². The summed E-state index contributed by atoms with van der Waals surface area (Å²) in [7, 11) is 0. The summed E-state index contributed by atoms with van der Waals surface area (Å²) in [6, 6.07) is 0. The van der Waals surface area contributed by atoms with Crippen molar-refractivity contribution >= 4 is 5.91 Å². The molecule has 0 bridgehead atoms. The number of amides is 1. The number of aromatic amines is 1. The highest BCUT2D eigenvalue weighted by Crippen LogP contribution is 2.31. The van der Waals surface area contributed by atoms with Crippen molar-refractivity contribution in [2.24, 2.45) is 5.92 Å². The Balaban J connectivity index is 1.85. The van der Waals surface area contributed by atoms with Gasteiger partial charge in [-0.1, -0.05) is 13.8 Å². The summed E-state index contributed by atoms with van der Waals surface area (Å²) in [5, 5.41) is 19.8. The fraction of sp³-hybridized carbons (Fsp3) is 0.786. The maximum absolute atomic E-state index is 11.9. The Morgan fingerprint density at radius 1 is 1.50 bits per heavy atom. The summed E-state index contributed by atoms with van der Waals surface area (Å²) in [5.41, 5.74) is -0.773. The van der Waals surface area contributed by atoms with Crippen LogP contribution in [-0.4, -0.2) is 38.3 Å². The Morgan fingerprint density at radius 2 is 2.20 bits per heavy atom. The highest BCUT2D eigenvalue weighted by molar-refractivity contribution is 5.90. The lowest BCUT2D eigenvalue weighted by molar-refractivity contribution is -0.00547. The van der Waals surface area contributed by atoms with E-state index in [1.165, 1.54) is 0 Å². The predicted octanol–water partition coefficient (Wildman–Crippen LogP) is 1.43. The molecule has 112 valence electrons. The first-order valence-electron chi connectivity index (χ1n) is 7.44. The zero-order chi connectivity index (χ0) is 14.6. The fourth-order valence-corrected chi connectivity index (χ4v) is 2.55. The molecule has 0 aromatic carbocycles. The van der Waals surface area contributed by atoms with E-state index in [0.717, 1.165) is 44.3 Å². The molecule has 0 spiro atoms. The maximum atomic E-state index is 11.9. The minimum Gasteiger partial charge on any atom is -0.388 e. The molecule has 6 nitrogen and oxygen atoms in total. The van der Waals surface area contributed by atoms with E-state index in [1.54, 1.807) is 0 Å². The summed E-state index contributed by atoms with van der Waals surface area (Å²) in [6.07, 6.45) is 5.23. The Morgan fingerprint density at radius 3 is 2.85 bits per heavy atom. The van der Waals surface area contributed by atoms with Crippen LogP contribution in [-0.2, 0) is 6.42 Å². The lowest BCUT2D eigenvalue weighted by Crippen LogP contribution is -2.45. The SMILES string of the molecule is CCCc1nc(C(=O)NCC2(O)CCC(C)CC2)n[nH]1. The van der Waals surface area contributed by atoms with Gasteiger partial charge < -0.3 is 10.4 Å². The molecule has 1 aromatic heterocycles. The van der Waals surface area contributed by atoms with E-state index < -0.39 is 5.60 Å². The van der Waals surface area contributed by atoms with Gasteiger partial charge in [0, 0.05) is 13.0 Å². The van der Waals surface area contributed by atoms with Gasteiger partial charge in [0.1, 0.15) is 5.82 Å². The van der Waals surface area contributed by atoms with Crippen molar-refractivity contribution in [1.82, 2.24) is 20.5 Å². The number of hydrogen-bond acceptors (Lipinski definition) is 4. The average Bonchev–Trinajstić information content (AvgIpc) is 2.89. The van der Waals surface area contributed by atoms with Crippen molar-refractivity contribution in [3.05, 3.63) is 11.6 Å². The molecule has 0 radical (unpaired) electrons. The van der Waals surface area contributed by atoms with E-state index in [4.69, 9.17) is 0 Å². The first-order chi connectivity index (χ1) is 9.52. The second-order valence-electron chi connectivity index (χ2n) is 5.95. The van der Waals surface area contributed by atoms with Crippen LogP contribution in [0.3, 0.4) is 0 Å². The summed E-state index contributed by atoms with van der Waals surface area (Å²) < 4.78 is 0. The van der Waals surface area contributed by atoms with Gasteiger partial charge in [0.15, 0.2) is 0 Å². The summed E-state index contributed by atoms with van der Waals surface area (Å²) >= 11 is 0. The maximum Gasteiger partial charge on any atom is 0.291 e. The lowest BCUT2D eigenvalue weighted by atomic mass is 9.79. The van der Waals surface area contributed by atoms with Gasteiger partial charge in [0.25, 0.3) is 5.91 Å². The van der Waals surface area contributed by atoms with Crippen LogP contribution in [0.15, 0.2) is 0 Å². The predicted molar refractivity (Wildman–Crippen MR) is 75.3 cm³/mol. The van der Waals surface area contributed by atoms with Crippen molar-refractivity contribution in [3.8, 4) is 0 Å². The molecular formula is C14H24N4O2. The lowest BCUT2D eigenvalue weighted by Gasteiger charge is -2.34. The van der Waals surface area contributed by atoms with Crippen molar-refractivity contribution in [3.63, 3.8) is 0 Å². The number of hydrogen-bond donors (Lipinski definition) is 3. The Kier molecular flexibility index (Phi) is 4.75. The van der Waals surface area contributed by atoms with E-state index in [-0.39, 0.29) is 18.3 Å². The third-order valence-electron chi connectivity index (χ3n) is 4.00. The van der Waals surface area contributed by atoms with Crippen LogP contribution in [0.4, 0.5) is 0 Å². The molecule has 1 aliphatic rings. The fourth-order valence-electron chi connectivity index (χ4n) is 2.55. The largest absolute Gasteiger partial charge is 0.388 e. The summed E-state index contributed by atoms with van der Waals surface area (Å²) in [4.78, 5) is 16.1. The van der Waals surface area contributed by atoms with Crippen LogP contribution in [0.25, 0.3) is 0 Å². The van der Waals surface area contributed by atoms with E-state index in [9.17, 15) is 9.90 Å². The zero-order valence-electron chi connectivity index (χ0n) is 12.3. The molecule has 0 saturated heterocycles. The molecule has 1 aromatic rings. The van der Waals surface area contributed by atoms with E-state index in [2.05, 4.69) is 27.4 Å². The second-order valence-corrected chi connectivity index (χ2v) is 5.95. The molecule has 1 fully saturated rings. The number of aryl methyl sites for hydroxylation is 1. The number of aromatic nitrogens is 3. The minimum absolute atomic E-state index is 0.154. The molecule has 3 N–H and O–H groups in total. The smallest absolute Gasteiger partial charge is 0.291 e. The number of nitrogens with one attached hydrogen (secondary N) is 2. The Hall–Kier alpha value is -1.43. The molecular weight excluding hydrogens is 256 g/mol. The molecule has 0 atom stereocenters. The highest BCUT2D eigenvalue weighted by atomic mass is 16.3. The number of nitrogens with zero attached hydrogens (tertiary/aromatic N) is 2. The molecule has 6 heteroatoms. The normalized spacial score (nSPS) is 26.4. The van der Waals surface area contributed by atoms with Gasteiger partial charge in [-0.3, -0.25) is 9.89 Å². The van der Waals surface area contributed by atoms with E-state index in [1.807, 2.05) is 6.92 Å². The average molecular weight is 280 g/mol. The van der Waals surface area contributed by atoms with Crippen molar-refractivity contribution < 1.29 is 9.90 Å². The van der Waals surface area contributed by atoms with Crippen LogP contribution in [0.5, 0.6) is 0 Å². The van der Waals surface area contributed by atoms with Crippen LogP contribution in [0.2, 0.25) is 0 Å². The molecule has 2 rings (SSSR count). The van der Waals surface area contributed by atoms with Crippen LogP contribution >= 0.6 is 0 Å². The van der Waals surface area contributed by atoms with Gasteiger partial charge in [-0.2, -0.15) is 0 Å². The highest BCUT2D eigenvalue weighted by Gasteiger charge is 2.32. The molecule has 0 unspecified atom stereocenters. The summed E-state index contributed by atoms with van der Waals surface area (Å²) in [6.45, 7) is 4.51. The molecule has 1 aliphatic carbocycles. The van der Waals surface area contributed by atoms with Crippen molar-refractivity contribution in [2.75, 3.05) is 6.54 Å².